The summed E-state index contributed by atoms with van der Waals surface area (Å²) in [5, 5.41) is 8.92. The van der Waals surface area contributed by atoms with Gasteiger partial charge < -0.3 is 14.6 Å². The third-order valence-electron chi connectivity index (χ3n) is 2.39. The van der Waals surface area contributed by atoms with Gasteiger partial charge in [0, 0.05) is 0 Å². The van der Waals surface area contributed by atoms with E-state index >= 15 is 0 Å². The van der Waals surface area contributed by atoms with Gasteiger partial charge in [0.1, 0.15) is 5.75 Å². The number of phenols is 1. The van der Waals surface area contributed by atoms with Crippen LogP contribution in [0, 0.1) is 6.92 Å². The maximum Gasteiger partial charge on any atom is 0.231 e. The van der Waals surface area contributed by atoms with Crippen LogP contribution in [-0.4, -0.2) is 11.9 Å². The number of phenolic OH excluding ortho intramolecular Hbond substituents is 1. The smallest absolute Gasteiger partial charge is 0.231 e. The van der Waals surface area contributed by atoms with Gasteiger partial charge in [-0.3, -0.25) is 0 Å². The Hall–Kier alpha value is -2.16. The van der Waals surface area contributed by atoms with E-state index in [1.165, 1.54) is 0 Å². The van der Waals surface area contributed by atoms with Gasteiger partial charge in [-0.25, -0.2) is 0 Å². The van der Waals surface area contributed by atoms with Crippen LogP contribution < -0.4 is 9.47 Å². The molecule has 2 aromatic rings. The largest absolute Gasteiger partial charge is 0.508 e. The van der Waals surface area contributed by atoms with Crippen molar-refractivity contribution in [1.29, 1.82) is 0 Å². The number of benzene rings is 2. The van der Waals surface area contributed by atoms with E-state index in [9.17, 15) is 0 Å². The van der Waals surface area contributed by atoms with Gasteiger partial charge in [0.25, 0.3) is 0 Å². The molecule has 0 spiro atoms. The minimum absolute atomic E-state index is 0. The molecule has 0 saturated carbocycles. The molecule has 0 amide bonds. The van der Waals surface area contributed by atoms with Crippen molar-refractivity contribution in [1.82, 2.24) is 0 Å². The topological polar surface area (TPSA) is 38.7 Å². The van der Waals surface area contributed by atoms with E-state index in [-0.39, 0.29) is 7.43 Å². The van der Waals surface area contributed by atoms with E-state index in [2.05, 4.69) is 0 Å². The Bertz CT molecular complexity index is 451. The van der Waals surface area contributed by atoms with E-state index in [0.29, 0.717) is 12.5 Å². The Morgan fingerprint density at radius 1 is 0.889 bits per heavy atom. The van der Waals surface area contributed by atoms with Crippen molar-refractivity contribution in [3.63, 3.8) is 0 Å². The predicted molar refractivity (Wildman–Crippen MR) is 72.1 cm³/mol. The van der Waals surface area contributed by atoms with Gasteiger partial charge in [0.2, 0.25) is 6.79 Å². The highest BCUT2D eigenvalue weighted by Crippen LogP contribution is 2.30. The molecule has 18 heavy (non-hydrogen) atoms. The molecular weight excluding hydrogens is 228 g/mol. The van der Waals surface area contributed by atoms with Gasteiger partial charge in [-0.05, 0) is 30.7 Å². The second-order valence-electron chi connectivity index (χ2n) is 3.64. The van der Waals surface area contributed by atoms with E-state index in [4.69, 9.17) is 14.6 Å². The molecule has 1 aliphatic rings. The highest BCUT2D eigenvalue weighted by Gasteiger charge is 2.09. The molecule has 0 bridgehead atoms. The number of hydrogen-bond acceptors (Lipinski definition) is 3. The monoisotopic (exact) mass is 246 g/mol. The number of fused-ring (bicyclic) bond motifs is 1. The number of ether oxygens (including phenoxy) is 2. The maximum absolute atomic E-state index is 8.92. The Kier molecular flexibility index (Phi) is 5.06. The van der Waals surface area contributed by atoms with Gasteiger partial charge >= 0.3 is 0 Å². The number of aryl methyl sites for hydroxylation is 1. The first-order chi connectivity index (χ1) is 8.27. The molecule has 3 heteroatoms. The summed E-state index contributed by atoms with van der Waals surface area (Å²) in [6.07, 6.45) is 0. The fraction of sp³-hybridized carbons (Fsp3) is 0.200. The quantitative estimate of drug-likeness (QED) is 0.769. The van der Waals surface area contributed by atoms with Crippen LogP contribution in [0.15, 0.2) is 48.5 Å². The third-order valence-corrected chi connectivity index (χ3v) is 2.39. The lowest BCUT2D eigenvalue weighted by molar-refractivity contribution is 0.174. The predicted octanol–water partition coefficient (Wildman–Crippen LogP) is 3.75. The summed E-state index contributed by atoms with van der Waals surface area (Å²) in [6.45, 7) is 2.23. The van der Waals surface area contributed by atoms with Crippen LogP contribution in [0.4, 0.5) is 0 Å². The molecule has 3 nitrogen and oxygen atoms in total. The summed E-state index contributed by atoms with van der Waals surface area (Å²) in [6, 6.07) is 14.9. The lowest BCUT2D eigenvalue weighted by Crippen LogP contribution is -1.92. The first-order valence-electron chi connectivity index (χ1n) is 5.36. The highest BCUT2D eigenvalue weighted by atomic mass is 16.7. The van der Waals surface area contributed by atoms with Crippen molar-refractivity contribution in [2.45, 2.75) is 14.4 Å². The molecule has 2 aromatic carbocycles. The molecule has 1 N–H and O–H groups in total. The van der Waals surface area contributed by atoms with Crippen molar-refractivity contribution < 1.29 is 14.6 Å². The van der Waals surface area contributed by atoms with E-state index in [1.807, 2.05) is 49.4 Å². The standard InChI is InChI=1S/C7H6O2.C7H8O.CH4/c1-2-4-7-6(3-1)8-5-9-7;1-6-4-2-3-5-7(6)8;/h1-4H,5H2;2-5,8H,1H3;1H4. The van der Waals surface area contributed by atoms with Crippen LogP contribution in [0.3, 0.4) is 0 Å². The fourth-order valence-electron chi connectivity index (χ4n) is 1.41. The summed E-state index contributed by atoms with van der Waals surface area (Å²) in [5.74, 6) is 2.06. The molecule has 96 valence electrons. The number of hydrogen-bond donors (Lipinski definition) is 1. The summed E-state index contributed by atoms with van der Waals surface area (Å²) >= 11 is 0. The van der Waals surface area contributed by atoms with Gasteiger partial charge in [0.15, 0.2) is 11.5 Å². The van der Waals surface area contributed by atoms with Crippen molar-refractivity contribution in [2.75, 3.05) is 6.79 Å². The second-order valence-corrected chi connectivity index (χ2v) is 3.64. The average molecular weight is 246 g/mol. The lowest BCUT2D eigenvalue weighted by atomic mass is 10.2. The van der Waals surface area contributed by atoms with Crippen LogP contribution >= 0.6 is 0 Å². The molecule has 1 heterocycles. The molecule has 0 aromatic heterocycles. The van der Waals surface area contributed by atoms with Crippen LogP contribution in [-0.2, 0) is 0 Å². The number of para-hydroxylation sites is 3. The summed E-state index contributed by atoms with van der Waals surface area (Å²) in [7, 11) is 0. The van der Waals surface area contributed by atoms with Gasteiger partial charge in [-0.2, -0.15) is 0 Å². The van der Waals surface area contributed by atoms with E-state index in [0.717, 1.165) is 17.1 Å². The minimum Gasteiger partial charge on any atom is -0.508 e. The van der Waals surface area contributed by atoms with Crippen molar-refractivity contribution in [3.8, 4) is 17.2 Å². The summed E-state index contributed by atoms with van der Waals surface area (Å²) < 4.78 is 10.2. The van der Waals surface area contributed by atoms with Gasteiger partial charge in [-0.15, -0.1) is 0 Å². The summed E-state index contributed by atoms with van der Waals surface area (Å²) in [4.78, 5) is 0. The van der Waals surface area contributed by atoms with Gasteiger partial charge in [-0.1, -0.05) is 37.8 Å². The molecule has 1 aliphatic heterocycles. The number of rotatable bonds is 0. The first-order valence-corrected chi connectivity index (χ1v) is 5.36. The zero-order valence-corrected chi connectivity index (χ0v) is 9.59. The molecule has 0 radical (unpaired) electrons. The van der Waals surface area contributed by atoms with Crippen LogP contribution in [0.2, 0.25) is 0 Å². The molecule has 0 aliphatic carbocycles. The SMILES string of the molecule is C.Cc1ccccc1O.c1ccc2c(c1)OCO2. The van der Waals surface area contributed by atoms with Crippen molar-refractivity contribution in [2.24, 2.45) is 0 Å². The Morgan fingerprint density at radius 3 is 1.83 bits per heavy atom. The minimum atomic E-state index is 0. The highest BCUT2D eigenvalue weighted by molar-refractivity contribution is 5.40. The maximum atomic E-state index is 8.92. The lowest BCUT2D eigenvalue weighted by Gasteiger charge is -1.92. The molecule has 0 unspecified atom stereocenters. The molecule has 0 saturated heterocycles. The molecule has 0 fully saturated rings. The third kappa shape index (κ3) is 3.42. The van der Waals surface area contributed by atoms with Crippen LogP contribution in [0.25, 0.3) is 0 Å². The second kappa shape index (κ2) is 6.55. The van der Waals surface area contributed by atoms with Crippen LogP contribution in [0.1, 0.15) is 13.0 Å². The van der Waals surface area contributed by atoms with Crippen molar-refractivity contribution >= 4 is 0 Å². The molecule has 3 rings (SSSR count). The average Bonchev–Trinajstić information content (AvgIpc) is 2.82. The Labute approximate surface area is 108 Å². The normalized spacial score (nSPS) is 10.9. The van der Waals surface area contributed by atoms with E-state index in [1.54, 1.807) is 6.07 Å². The van der Waals surface area contributed by atoms with Gasteiger partial charge in [0.05, 0.1) is 0 Å². The molecule has 0 atom stereocenters. The Morgan fingerprint density at radius 2 is 1.39 bits per heavy atom. The van der Waals surface area contributed by atoms with E-state index < -0.39 is 0 Å². The zero-order valence-electron chi connectivity index (χ0n) is 9.59. The number of aromatic hydroxyl groups is 1. The Balaban J connectivity index is 0.000000172. The zero-order chi connectivity index (χ0) is 12.1. The van der Waals surface area contributed by atoms with Crippen molar-refractivity contribution in [3.05, 3.63) is 54.1 Å². The molecular formula is C15H18O3. The fourth-order valence-corrected chi connectivity index (χ4v) is 1.41. The van der Waals surface area contributed by atoms with Crippen LogP contribution in [0.5, 0.6) is 17.2 Å². The first kappa shape index (κ1) is 13.9. The summed E-state index contributed by atoms with van der Waals surface area (Å²) in [5.41, 5.74) is 0.924.